The quantitative estimate of drug-likeness (QED) is 0.460. The van der Waals surface area contributed by atoms with Crippen molar-refractivity contribution >= 4 is 51.0 Å². The molecule has 4 rings (SSSR count). The number of hydrogen-bond acceptors (Lipinski definition) is 9. The topological polar surface area (TPSA) is 122 Å². The summed E-state index contributed by atoms with van der Waals surface area (Å²) in [4.78, 5) is 38.9. The van der Waals surface area contributed by atoms with E-state index in [0.29, 0.717) is 42.0 Å². The summed E-state index contributed by atoms with van der Waals surface area (Å²) in [5.74, 6) is -0.510. The minimum atomic E-state index is -0.497. The van der Waals surface area contributed by atoms with Crippen molar-refractivity contribution < 1.29 is 14.5 Å². The van der Waals surface area contributed by atoms with Crippen LogP contribution in [-0.4, -0.2) is 58.0 Å². The number of aromatic nitrogens is 2. The molecule has 1 aromatic carbocycles. The fourth-order valence-electron chi connectivity index (χ4n) is 3.29. The second-order valence-corrected chi connectivity index (χ2v) is 8.59. The fraction of sp³-hybridized carbons (Fsp3) is 0.263. The second-order valence-electron chi connectivity index (χ2n) is 6.83. The number of amides is 2. The Bertz CT molecular complexity index is 1120. The molecule has 2 amide bonds. The molecule has 0 spiro atoms. The number of carbonyl (C=O) groups excluding carboxylic acids is 2. The van der Waals surface area contributed by atoms with Gasteiger partial charge in [-0.05, 0) is 23.6 Å². The third-order valence-electron chi connectivity index (χ3n) is 4.91. The van der Waals surface area contributed by atoms with Gasteiger partial charge in [0.2, 0.25) is 11.0 Å². The van der Waals surface area contributed by atoms with Crippen LogP contribution in [0, 0.1) is 10.1 Å². The molecule has 1 fully saturated rings. The lowest BCUT2D eigenvalue weighted by atomic mass is 10.1. The van der Waals surface area contributed by atoms with Gasteiger partial charge in [-0.15, -0.1) is 10.2 Å². The van der Waals surface area contributed by atoms with Crippen LogP contribution in [0.25, 0.3) is 10.6 Å². The molecule has 0 unspecified atom stereocenters. The molecule has 0 saturated carbocycles. The number of nitrogens with zero attached hydrogens (tertiary/aromatic N) is 5. The molecule has 0 aliphatic carbocycles. The van der Waals surface area contributed by atoms with Gasteiger partial charge in [0.05, 0.1) is 4.92 Å². The van der Waals surface area contributed by atoms with Gasteiger partial charge < -0.3 is 9.80 Å². The van der Waals surface area contributed by atoms with Gasteiger partial charge in [-0.2, -0.15) is 11.3 Å². The van der Waals surface area contributed by atoms with Crippen molar-refractivity contribution in [3.8, 4) is 10.6 Å². The number of rotatable bonds is 5. The average Bonchev–Trinajstić information content (AvgIpc) is 3.45. The monoisotopic (exact) mass is 458 g/mol. The molecule has 0 atom stereocenters. The fourth-order valence-corrected chi connectivity index (χ4v) is 4.74. The molecule has 12 heteroatoms. The molecule has 1 aliphatic heterocycles. The van der Waals surface area contributed by atoms with Crippen LogP contribution in [0.1, 0.15) is 17.3 Å². The smallest absolute Gasteiger partial charge is 0.293 e. The number of nitrogens with one attached hydrogen (secondary N) is 1. The van der Waals surface area contributed by atoms with Crippen LogP contribution in [0.2, 0.25) is 0 Å². The lowest BCUT2D eigenvalue weighted by molar-refractivity contribution is -0.384. The predicted octanol–water partition coefficient (Wildman–Crippen LogP) is 3.10. The number of thiophene rings is 1. The Morgan fingerprint density at radius 1 is 1.16 bits per heavy atom. The summed E-state index contributed by atoms with van der Waals surface area (Å²) in [6.07, 6.45) is 0. The standard InChI is InChI=1S/C19H18N6O4S2/c1-12(26)23-5-7-24(8-6-23)15-3-2-13(10-16(15)25(28)29)17(27)20-19-22-21-18(31-19)14-4-9-30-11-14/h2-4,9-11H,5-8H2,1H3,(H,20,22,27). The van der Waals surface area contributed by atoms with Gasteiger partial charge in [0.1, 0.15) is 10.7 Å². The number of nitro groups is 1. The first kappa shape index (κ1) is 20.9. The highest BCUT2D eigenvalue weighted by Crippen LogP contribution is 2.31. The van der Waals surface area contributed by atoms with Crippen molar-refractivity contribution in [3.63, 3.8) is 0 Å². The van der Waals surface area contributed by atoms with Crippen LogP contribution < -0.4 is 10.2 Å². The van der Waals surface area contributed by atoms with Crippen molar-refractivity contribution in [3.05, 3.63) is 50.7 Å². The Morgan fingerprint density at radius 3 is 2.58 bits per heavy atom. The van der Waals surface area contributed by atoms with Gasteiger partial charge in [-0.25, -0.2) is 0 Å². The summed E-state index contributed by atoms with van der Waals surface area (Å²) in [6.45, 7) is 3.48. The zero-order valence-corrected chi connectivity index (χ0v) is 18.1. The molecule has 1 saturated heterocycles. The van der Waals surface area contributed by atoms with E-state index in [1.165, 1.54) is 35.7 Å². The molecule has 0 bridgehead atoms. The van der Waals surface area contributed by atoms with Crippen LogP contribution in [0.4, 0.5) is 16.5 Å². The Balaban J connectivity index is 1.50. The highest BCUT2D eigenvalue weighted by molar-refractivity contribution is 7.19. The van der Waals surface area contributed by atoms with Gasteiger partial charge >= 0.3 is 0 Å². The third kappa shape index (κ3) is 4.54. The maximum absolute atomic E-state index is 12.6. The first-order valence-corrected chi connectivity index (χ1v) is 11.1. The molecule has 1 N–H and O–H groups in total. The molecule has 0 radical (unpaired) electrons. The summed E-state index contributed by atoms with van der Waals surface area (Å²) in [5, 5.41) is 27.2. The van der Waals surface area contributed by atoms with Crippen LogP contribution in [0.15, 0.2) is 35.0 Å². The Labute approximate surface area is 185 Å². The lowest BCUT2D eigenvalue weighted by Crippen LogP contribution is -2.48. The number of nitro benzene ring substituents is 1. The maximum atomic E-state index is 12.6. The zero-order valence-electron chi connectivity index (χ0n) is 16.5. The van der Waals surface area contributed by atoms with E-state index < -0.39 is 10.8 Å². The third-order valence-corrected chi connectivity index (χ3v) is 6.48. The van der Waals surface area contributed by atoms with Crippen molar-refractivity contribution in [2.24, 2.45) is 0 Å². The summed E-state index contributed by atoms with van der Waals surface area (Å²) >= 11 is 2.77. The molecule has 3 aromatic rings. The molecule has 1 aliphatic rings. The lowest BCUT2D eigenvalue weighted by Gasteiger charge is -2.35. The first-order chi connectivity index (χ1) is 14.9. The average molecular weight is 459 g/mol. The van der Waals surface area contributed by atoms with Crippen LogP contribution in [0.5, 0.6) is 0 Å². The Morgan fingerprint density at radius 2 is 1.94 bits per heavy atom. The van der Waals surface area contributed by atoms with Crippen molar-refractivity contribution in [1.82, 2.24) is 15.1 Å². The number of piperazine rings is 1. The van der Waals surface area contributed by atoms with Crippen LogP contribution in [-0.2, 0) is 4.79 Å². The molecule has 10 nitrogen and oxygen atoms in total. The molecule has 160 valence electrons. The minimum absolute atomic E-state index is 0.0139. The molecule has 31 heavy (non-hydrogen) atoms. The molecular weight excluding hydrogens is 440 g/mol. The van der Waals surface area contributed by atoms with E-state index in [2.05, 4.69) is 15.5 Å². The normalized spacial score (nSPS) is 13.8. The Kier molecular flexibility index (Phi) is 5.91. The first-order valence-electron chi connectivity index (χ1n) is 9.38. The van der Waals surface area contributed by atoms with E-state index in [-0.39, 0.29) is 17.2 Å². The molecule has 3 heterocycles. The number of carbonyl (C=O) groups is 2. The second kappa shape index (κ2) is 8.78. The Hall–Kier alpha value is -3.38. The highest BCUT2D eigenvalue weighted by Gasteiger charge is 2.26. The van der Waals surface area contributed by atoms with E-state index in [1.54, 1.807) is 17.0 Å². The molecular formula is C19H18N6O4S2. The van der Waals surface area contributed by atoms with Gasteiger partial charge in [-0.3, -0.25) is 25.0 Å². The predicted molar refractivity (Wildman–Crippen MR) is 119 cm³/mol. The van der Waals surface area contributed by atoms with Crippen LogP contribution >= 0.6 is 22.7 Å². The summed E-state index contributed by atoms with van der Waals surface area (Å²) in [6, 6.07) is 6.31. The zero-order chi connectivity index (χ0) is 22.0. The van der Waals surface area contributed by atoms with E-state index in [0.717, 1.165) is 5.56 Å². The number of hydrogen-bond donors (Lipinski definition) is 1. The van der Waals surface area contributed by atoms with E-state index in [4.69, 9.17) is 0 Å². The molecule has 2 aromatic heterocycles. The van der Waals surface area contributed by atoms with Crippen molar-refractivity contribution in [1.29, 1.82) is 0 Å². The maximum Gasteiger partial charge on any atom is 0.293 e. The highest BCUT2D eigenvalue weighted by atomic mass is 32.1. The van der Waals surface area contributed by atoms with Crippen molar-refractivity contribution in [2.75, 3.05) is 36.4 Å². The van der Waals surface area contributed by atoms with E-state index in [1.807, 2.05) is 21.7 Å². The summed E-state index contributed by atoms with van der Waals surface area (Å²) in [7, 11) is 0. The van der Waals surface area contributed by atoms with Gasteiger partial charge in [0.25, 0.3) is 11.6 Å². The van der Waals surface area contributed by atoms with Gasteiger partial charge in [0.15, 0.2) is 0 Å². The number of benzene rings is 1. The SMILES string of the molecule is CC(=O)N1CCN(c2ccc(C(=O)Nc3nnc(-c4ccsc4)s3)cc2[N+](=O)[O-])CC1. The summed E-state index contributed by atoms with van der Waals surface area (Å²) < 4.78 is 0. The van der Waals surface area contributed by atoms with Gasteiger partial charge in [0, 0.05) is 55.7 Å². The van der Waals surface area contributed by atoms with E-state index in [9.17, 15) is 19.7 Å². The largest absolute Gasteiger partial charge is 0.362 e. The number of anilines is 2. The van der Waals surface area contributed by atoms with Crippen LogP contribution in [0.3, 0.4) is 0 Å². The van der Waals surface area contributed by atoms with Gasteiger partial charge in [-0.1, -0.05) is 11.3 Å². The van der Waals surface area contributed by atoms with Crippen molar-refractivity contribution in [2.45, 2.75) is 6.92 Å². The van der Waals surface area contributed by atoms with E-state index >= 15 is 0 Å². The minimum Gasteiger partial charge on any atom is -0.362 e. The summed E-state index contributed by atoms with van der Waals surface area (Å²) in [5.41, 5.74) is 1.36.